The fourth-order valence-electron chi connectivity index (χ4n) is 2.45. The Kier molecular flexibility index (Phi) is 5.27. The Morgan fingerprint density at radius 3 is 2.50 bits per heavy atom. The van der Waals surface area contributed by atoms with Crippen LogP contribution in [0.5, 0.6) is 5.75 Å². The number of para-hydroxylation sites is 1. The fourth-order valence-corrected chi connectivity index (χ4v) is 2.86. The predicted molar refractivity (Wildman–Crippen MR) is 91.9 cm³/mol. The summed E-state index contributed by atoms with van der Waals surface area (Å²) in [4.78, 5) is 14.2. The van der Waals surface area contributed by atoms with Crippen LogP contribution in [-0.2, 0) is 11.3 Å². The molecule has 3 nitrogen and oxygen atoms in total. The number of amides is 1. The van der Waals surface area contributed by atoms with Crippen LogP contribution in [-0.4, -0.2) is 23.5 Å². The molecule has 6 heteroatoms. The SMILES string of the molecule is O=C(COc1ccccc1Cl)N(Cc1c(F)cccc1Cl)C1CC1. The van der Waals surface area contributed by atoms with E-state index in [0.717, 1.165) is 12.8 Å². The van der Waals surface area contributed by atoms with Crippen molar-refractivity contribution in [1.82, 2.24) is 4.90 Å². The van der Waals surface area contributed by atoms with Gasteiger partial charge in [-0.3, -0.25) is 4.79 Å². The van der Waals surface area contributed by atoms with Crippen LogP contribution in [0.2, 0.25) is 10.0 Å². The van der Waals surface area contributed by atoms with Crippen LogP contribution in [0.25, 0.3) is 0 Å². The summed E-state index contributed by atoms with van der Waals surface area (Å²) < 4.78 is 19.5. The van der Waals surface area contributed by atoms with Crippen molar-refractivity contribution in [2.24, 2.45) is 0 Å². The lowest BCUT2D eigenvalue weighted by molar-refractivity contribution is -0.134. The van der Waals surface area contributed by atoms with Gasteiger partial charge in [-0.25, -0.2) is 4.39 Å². The van der Waals surface area contributed by atoms with Gasteiger partial charge in [-0.1, -0.05) is 41.4 Å². The maximum Gasteiger partial charge on any atom is 0.261 e. The average molecular weight is 368 g/mol. The van der Waals surface area contributed by atoms with Gasteiger partial charge in [-0.2, -0.15) is 0 Å². The number of carbonyl (C=O) groups is 1. The van der Waals surface area contributed by atoms with Gasteiger partial charge in [0.1, 0.15) is 11.6 Å². The largest absolute Gasteiger partial charge is 0.482 e. The van der Waals surface area contributed by atoms with Crippen LogP contribution < -0.4 is 4.74 Å². The maximum atomic E-state index is 14.0. The summed E-state index contributed by atoms with van der Waals surface area (Å²) in [6, 6.07) is 11.6. The van der Waals surface area contributed by atoms with Crippen LogP contribution >= 0.6 is 23.2 Å². The van der Waals surface area contributed by atoms with Crippen molar-refractivity contribution in [1.29, 1.82) is 0 Å². The van der Waals surface area contributed by atoms with E-state index in [0.29, 0.717) is 21.4 Å². The number of hydrogen-bond donors (Lipinski definition) is 0. The van der Waals surface area contributed by atoms with Crippen molar-refractivity contribution in [2.75, 3.05) is 6.61 Å². The minimum absolute atomic E-state index is 0.114. The van der Waals surface area contributed by atoms with Crippen molar-refractivity contribution >= 4 is 29.1 Å². The lowest BCUT2D eigenvalue weighted by Crippen LogP contribution is -2.36. The summed E-state index contributed by atoms with van der Waals surface area (Å²) >= 11 is 12.1. The molecular weight excluding hydrogens is 352 g/mol. The van der Waals surface area contributed by atoms with Gasteiger partial charge >= 0.3 is 0 Å². The molecule has 0 N–H and O–H groups in total. The zero-order valence-corrected chi connectivity index (χ0v) is 14.4. The Morgan fingerprint density at radius 1 is 1.12 bits per heavy atom. The molecule has 1 saturated carbocycles. The number of ether oxygens (including phenoxy) is 1. The zero-order valence-electron chi connectivity index (χ0n) is 12.8. The number of rotatable bonds is 6. The number of halogens is 3. The lowest BCUT2D eigenvalue weighted by atomic mass is 10.2. The van der Waals surface area contributed by atoms with Gasteiger partial charge in [0, 0.05) is 16.6 Å². The van der Waals surface area contributed by atoms with Crippen LogP contribution in [0, 0.1) is 5.82 Å². The molecule has 0 saturated heterocycles. The summed E-state index contributed by atoms with van der Waals surface area (Å²) in [6.07, 6.45) is 1.81. The van der Waals surface area contributed by atoms with Crippen molar-refractivity contribution in [2.45, 2.75) is 25.4 Å². The summed E-state index contributed by atoms with van der Waals surface area (Å²) in [5.74, 6) is -0.170. The number of nitrogens with zero attached hydrogens (tertiary/aromatic N) is 1. The second kappa shape index (κ2) is 7.41. The first-order valence-electron chi connectivity index (χ1n) is 7.66. The molecule has 0 heterocycles. The molecule has 0 aliphatic heterocycles. The number of hydrogen-bond acceptors (Lipinski definition) is 2. The standard InChI is InChI=1S/C18H16Cl2FNO2/c19-14-5-3-6-16(21)13(14)10-22(12-8-9-12)18(23)11-24-17-7-2-1-4-15(17)20/h1-7,12H,8-11H2. The van der Waals surface area contributed by atoms with Gasteiger partial charge in [0.05, 0.1) is 11.6 Å². The molecule has 3 rings (SSSR count). The Hall–Kier alpha value is -1.78. The Labute approximate surface area is 149 Å². The topological polar surface area (TPSA) is 29.5 Å². The molecule has 0 spiro atoms. The highest BCUT2D eigenvalue weighted by atomic mass is 35.5. The monoisotopic (exact) mass is 367 g/mol. The van der Waals surface area contributed by atoms with Gasteiger partial charge < -0.3 is 9.64 Å². The van der Waals surface area contributed by atoms with E-state index in [4.69, 9.17) is 27.9 Å². The van der Waals surface area contributed by atoms with Crippen molar-refractivity contribution < 1.29 is 13.9 Å². The minimum Gasteiger partial charge on any atom is -0.482 e. The van der Waals surface area contributed by atoms with Gasteiger partial charge in [0.15, 0.2) is 6.61 Å². The fraction of sp³-hybridized carbons (Fsp3) is 0.278. The molecule has 2 aromatic carbocycles. The van der Waals surface area contributed by atoms with E-state index < -0.39 is 5.82 Å². The third-order valence-corrected chi connectivity index (χ3v) is 4.55. The van der Waals surface area contributed by atoms with Crippen LogP contribution in [0.15, 0.2) is 42.5 Å². The van der Waals surface area contributed by atoms with Crippen LogP contribution in [0.1, 0.15) is 18.4 Å². The van der Waals surface area contributed by atoms with E-state index in [1.165, 1.54) is 6.07 Å². The van der Waals surface area contributed by atoms with E-state index >= 15 is 0 Å². The molecule has 0 radical (unpaired) electrons. The number of benzene rings is 2. The van der Waals surface area contributed by atoms with E-state index in [1.54, 1.807) is 41.3 Å². The van der Waals surface area contributed by atoms with E-state index in [1.807, 2.05) is 0 Å². The van der Waals surface area contributed by atoms with Gasteiger partial charge in [0.2, 0.25) is 0 Å². The third-order valence-electron chi connectivity index (χ3n) is 3.89. The second-order valence-electron chi connectivity index (χ2n) is 5.67. The van der Waals surface area contributed by atoms with E-state index in [9.17, 15) is 9.18 Å². The molecule has 0 unspecified atom stereocenters. The molecule has 0 atom stereocenters. The van der Waals surface area contributed by atoms with Crippen molar-refractivity contribution in [3.05, 3.63) is 63.9 Å². The molecule has 1 aliphatic carbocycles. The molecule has 1 fully saturated rings. The molecule has 1 aliphatic rings. The first-order valence-corrected chi connectivity index (χ1v) is 8.41. The highest BCUT2D eigenvalue weighted by Gasteiger charge is 2.33. The van der Waals surface area contributed by atoms with Gasteiger partial charge in [0.25, 0.3) is 5.91 Å². The highest BCUT2D eigenvalue weighted by Crippen LogP contribution is 2.31. The molecular formula is C18H16Cl2FNO2. The smallest absolute Gasteiger partial charge is 0.261 e. The summed E-state index contributed by atoms with van der Waals surface area (Å²) in [6.45, 7) is -0.00675. The molecule has 2 aromatic rings. The molecule has 0 aromatic heterocycles. The number of carbonyl (C=O) groups excluding carboxylic acids is 1. The lowest BCUT2D eigenvalue weighted by Gasteiger charge is -2.23. The molecule has 126 valence electrons. The zero-order chi connectivity index (χ0) is 17.1. The predicted octanol–water partition coefficient (Wildman–Crippen LogP) is 4.70. The van der Waals surface area contributed by atoms with Gasteiger partial charge in [-0.05, 0) is 37.1 Å². The Bertz CT molecular complexity index is 729. The minimum atomic E-state index is -0.409. The van der Waals surface area contributed by atoms with Crippen LogP contribution in [0.3, 0.4) is 0 Å². The maximum absolute atomic E-state index is 14.0. The van der Waals surface area contributed by atoms with Gasteiger partial charge in [-0.15, -0.1) is 0 Å². The van der Waals surface area contributed by atoms with E-state index in [2.05, 4.69) is 0 Å². The third kappa shape index (κ3) is 4.00. The average Bonchev–Trinajstić information content (AvgIpc) is 3.38. The quantitative estimate of drug-likeness (QED) is 0.740. The summed E-state index contributed by atoms with van der Waals surface area (Å²) in [7, 11) is 0. The summed E-state index contributed by atoms with van der Waals surface area (Å²) in [5, 5.41) is 0.765. The highest BCUT2D eigenvalue weighted by molar-refractivity contribution is 6.32. The first kappa shape index (κ1) is 17.1. The Morgan fingerprint density at radius 2 is 1.83 bits per heavy atom. The molecule has 1 amide bonds. The summed E-state index contributed by atoms with van der Waals surface area (Å²) in [5.41, 5.74) is 0.331. The molecule has 0 bridgehead atoms. The Balaban J connectivity index is 1.69. The first-order chi connectivity index (χ1) is 11.6. The van der Waals surface area contributed by atoms with Crippen molar-refractivity contribution in [3.63, 3.8) is 0 Å². The molecule has 24 heavy (non-hydrogen) atoms. The van der Waals surface area contributed by atoms with E-state index in [-0.39, 0.29) is 25.1 Å². The normalized spacial score (nSPS) is 13.6. The second-order valence-corrected chi connectivity index (χ2v) is 6.49. The van der Waals surface area contributed by atoms with Crippen molar-refractivity contribution in [3.8, 4) is 5.75 Å². The van der Waals surface area contributed by atoms with Crippen LogP contribution in [0.4, 0.5) is 4.39 Å².